The standard InChI is InChI=1S/C10H13NO2Te/c1-8(7-14)6-9-2-4-10(5-3-9)11(12)13/h2-5,8,14H,6-7H2,1H3. The number of nitro benzene ring substituents is 1. The van der Waals surface area contributed by atoms with Gasteiger partial charge in [-0.2, -0.15) is 0 Å². The van der Waals surface area contributed by atoms with Gasteiger partial charge in [0.15, 0.2) is 0 Å². The van der Waals surface area contributed by atoms with Crippen LogP contribution in [0.4, 0.5) is 5.69 Å². The van der Waals surface area contributed by atoms with Crippen molar-refractivity contribution in [1.82, 2.24) is 0 Å². The van der Waals surface area contributed by atoms with Crippen LogP contribution in [0.2, 0.25) is 4.47 Å². The summed E-state index contributed by atoms with van der Waals surface area (Å²) in [5.41, 5.74) is 1.35. The molecule has 1 rings (SSSR count). The molecule has 0 saturated heterocycles. The Kier molecular flexibility index (Phi) is 4.37. The van der Waals surface area contributed by atoms with Crippen LogP contribution in [0.5, 0.6) is 0 Å². The number of nitrogens with zero attached hydrogens (tertiary/aromatic N) is 1. The van der Waals surface area contributed by atoms with E-state index >= 15 is 0 Å². The molecule has 1 aromatic carbocycles. The molecule has 76 valence electrons. The van der Waals surface area contributed by atoms with Gasteiger partial charge in [-0.1, -0.05) is 0 Å². The first kappa shape index (κ1) is 11.5. The molecule has 0 fully saturated rings. The van der Waals surface area contributed by atoms with E-state index in [1.807, 2.05) is 34.4 Å². The quantitative estimate of drug-likeness (QED) is 0.486. The minimum absolute atomic E-state index is 0.168. The molecule has 1 atom stereocenters. The van der Waals surface area contributed by atoms with Crippen molar-refractivity contribution in [2.24, 2.45) is 5.92 Å². The van der Waals surface area contributed by atoms with Crippen LogP contribution in [0.25, 0.3) is 0 Å². The maximum atomic E-state index is 10.4. The fraction of sp³-hybridized carbons (Fsp3) is 0.400. The molecule has 14 heavy (non-hydrogen) atoms. The van der Waals surface area contributed by atoms with Crippen LogP contribution in [-0.2, 0) is 6.42 Å². The fourth-order valence-corrected chi connectivity index (χ4v) is 1.59. The number of rotatable bonds is 4. The van der Waals surface area contributed by atoms with Crippen molar-refractivity contribution in [2.75, 3.05) is 0 Å². The van der Waals surface area contributed by atoms with Crippen LogP contribution in [0.1, 0.15) is 12.5 Å². The third-order valence-corrected chi connectivity index (χ3v) is 3.82. The Morgan fingerprint density at radius 3 is 2.43 bits per heavy atom. The number of nitro groups is 1. The van der Waals surface area contributed by atoms with Gasteiger partial charge in [0.05, 0.1) is 0 Å². The molecule has 0 aliphatic heterocycles. The van der Waals surface area contributed by atoms with Gasteiger partial charge in [0, 0.05) is 0 Å². The molecule has 0 aromatic heterocycles. The van der Waals surface area contributed by atoms with Gasteiger partial charge in [0.1, 0.15) is 0 Å². The molecule has 0 heterocycles. The maximum absolute atomic E-state index is 10.4. The van der Waals surface area contributed by atoms with Gasteiger partial charge in [-0.05, 0) is 0 Å². The van der Waals surface area contributed by atoms with E-state index in [-0.39, 0.29) is 10.6 Å². The molecule has 0 aliphatic carbocycles. The predicted octanol–water partition coefficient (Wildman–Crippen LogP) is 2.09. The summed E-state index contributed by atoms with van der Waals surface area (Å²) < 4.78 is 1.19. The first-order chi connectivity index (χ1) is 6.63. The van der Waals surface area contributed by atoms with E-state index in [0.29, 0.717) is 5.92 Å². The van der Waals surface area contributed by atoms with Crippen LogP contribution in [0.3, 0.4) is 0 Å². The summed E-state index contributed by atoms with van der Waals surface area (Å²) in [5, 5.41) is 10.4. The molecular weight excluding hydrogens is 294 g/mol. The molecule has 0 saturated carbocycles. The first-order valence-corrected chi connectivity index (χ1v) is 6.28. The second kappa shape index (κ2) is 5.33. The van der Waals surface area contributed by atoms with E-state index < -0.39 is 0 Å². The van der Waals surface area contributed by atoms with E-state index in [9.17, 15) is 10.1 Å². The van der Waals surface area contributed by atoms with Gasteiger partial charge in [0.25, 0.3) is 0 Å². The fourth-order valence-electron chi connectivity index (χ4n) is 1.22. The van der Waals surface area contributed by atoms with Crippen molar-refractivity contribution in [3.63, 3.8) is 0 Å². The Morgan fingerprint density at radius 2 is 2.00 bits per heavy atom. The van der Waals surface area contributed by atoms with E-state index in [0.717, 1.165) is 6.42 Å². The Hall–Kier alpha value is -0.590. The van der Waals surface area contributed by atoms with Crippen LogP contribution in [-0.4, -0.2) is 27.2 Å². The van der Waals surface area contributed by atoms with Crippen molar-refractivity contribution in [3.8, 4) is 0 Å². The van der Waals surface area contributed by atoms with Gasteiger partial charge in [0.2, 0.25) is 0 Å². The summed E-state index contributed by atoms with van der Waals surface area (Å²) in [7, 11) is 0. The molecule has 0 aliphatic rings. The zero-order valence-corrected chi connectivity index (χ0v) is 10.6. The zero-order chi connectivity index (χ0) is 10.6. The van der Waals surface area contributed by atoms with Gasteiger partial charge in [-0.3, -0.25) is 0 Å². The monoisotopic (exact) mass is 309 g/mol. The third-order valence-electron chi connectivity index (χ3n) is 2.04. The van der Waals surface area contributed by atoms with Gasteiger partial charge >= 0.3 is 96.6 Å². The average molecular weight is 307 g/mol. The van der Waals surface area contributed by atoms with Crippen LogP contribution >= 0.6 is 0 Å². The van der Waals surface area contributed by atoms with Crippen LogP contribution in [0, 0.1) is 16.0 Å². The van der Waals surface area contributed by atoms with Crippen molar-refractivity contribution in [2.45, 2.75) is 17.8 Å². The normalized spacial score (nSPS) is 12.4. The molecule has 0 N–H and O–H groups in total. The molecule has 1 aromatic rings. The summed E-state index contributed by atoms with van der Waals surface area (Å²) in [4.78, 5) is 10.0. The van der Waals surface area contributed by atoms with Crippen molar-refractivity contribution < 1.29 is 4.92 Å². The SMILES string of the molecule is CC(C[TeH])Cc1ccc([N+](=O)[O-])cc1. The third kappa shape index (κ3) is 3.28. The summed E-state index contributed by atoms with van der Waals surface area (Å²) in [5.74, 6) is 0.658. The van der Waals surface area contributed by atoms with Gasteiger partial charge < -0.3 is 0 Å². The summed E-state index contributed by atoms with van der Waals surface area (Å²) in [6.45, 7) is 2.19. The number of hydrogen-bond donors (Lipinski definition) is 0. The van der Waals surface area contributed by atoms with Gasteiger partial charge in [-0.15, -0.1) is 0 Å². The Bertz CT molecular complexity index is 310. The molecular formula is C10H13NO2Te. The topological polar surface area (TPSA) is 43.1 Å². The van der Waals surface area contributed by atoms with Crippen LogP contribution in [0.15, 0.2) is 24.3 Å². The molecule has 3 nitrogen and oxygen atoms in total. The Labute approximate surface area is 96.6 Å². The van der Waals surface area contributed by atoms with E-state index in [2.05, 4.69) is 6.92 Å². The summed E-state index contributed by atoms with van der Waals surface area (Å²) in [6.07, 6.45) is 1.01. The van der Waals surface area contributed by atoms with Crippen LogP contribution < -0.4 is 0 Å². The van der Waals surface area contributed by atoms with Crippen molar-refractivity contribution in [3.05, 3.63) is 39.9 Å². The Balaban J connectivity index is 2.68. The second-order valence-electron chi connectivity index (χ2n) is 3.42. The Morgan fingerprint density at radius 1 is 1.43 bits per heavy atom. The molecule has 0 spiro atoms. The van der Waals surface area contributed by atoms with Crippen molar-refractivity contribution in [1.29, 1.82) is 0 Å². The average Bonchev–Trinajstić information content (AvgIpc) is 2.18. The number of hydrogen-bond acceptors (Lipinski definition) is 2. The minimum atomic E-state index is -0.366. The molecule has 0 amide bonds. The molecule has 1 unspecified atom stereocenters. The second-order valence-corrected chi connectivity index (χ2v) is 4.46. The first-order valence-electron chi connectivity index (χ1n) is 4.47. The van der Waals surface area contributed by atoms with Gasteiger partial charge in [-0.25, -0.2) is 0 Å². The predicted molar refractivity (Wildman–Crippen MR) is 57.9 cm³/mol. The zero-order valence-electron chi connectivity index (χ0n) is 8.01. The number of benzene rings is 1. The van der Waals surface area contributed by atoms with E-state index in [1.54, 1.807) is 12.1 Å². The summed E-state index contributed by atoms with van der Waals surface area (Å²) >= 11 is 1.81. The van der Waals surface area contributed by atoms with E-state index in [1.165, 1.54) is 10.0 Å². The number of non-ortho nitro benzene ring substituents is 1. The molecule has 0 bridgehead atoms. The summed E-state index contributed by atoms with van der Waals surface area (Å²) in [6, 6.07) is 6.83. The molecule has 0 radical (unpaired) electrons. The van der Waals surface area contributed by atoms with Crippen molar-refractivity contribution >= 4 is 28.0 Å². The molecule has 4 heteroatoms. The van der Waals surface area contributed by atoms with E-state index in [4.69, 9.17) is 0 Å².